The van der Waals surface area contributed by atoms with E-state index >= 15 is 0 Å². The molecule has 0 spiro atoms. The Kier molecular flexibility index (Phi) is 4.56. The SMILES string of the molecule is O=C(c1ccc(Cn2ccnc2)cc1)N1CCN(c2ccc3c(c2)OCO3)CC1. The summed E-state index contributed by atoms with van der Waals surface area (Å²) in [5.74, 6) is 1.67. The number of anilines is 1. The van der Waals surface area contributed by atoms with Gasteiger partial charge >= 0.3 is 0 Å². The zero-order valence-electron chi connectivity index (χ0n) is 16.0. The van der Waals surface area contributed by atoms with Gasteiger partial charge in [-0.3, -0.25) is 4.79 Å². The molecule has 0 unspecified atom stereocenters. The van der Waals surface area contributed by atoms with Crippen LogP contribution in [-0.2, 0) is 6.54 Å². The van der Waals surface area contributed by atoms with Crippen LogP contribution >= 0.6 is 0 Å². The van der Waals surface area contributed by atoms with Crippen molar-refractivity contribution in [3.8, 4) is 11.5 Å². The number of piperazine rings is 1. The average Bonchev–Trinajstić information content (AvgIpc) is 3.45. The molecule has 3 heterocycles. The van der Waals surface area contributed by atoms with Gasteiger partial charge in [-0.2, -0.15) is 0 Å². The van der Waals surface area contributed by atoms with E-state index in [2.05, 4.69) is 9.88 Å². The van der Waals surface area contributed by atoms with Gasteiger partial charge in [0.2, 0.25) is 6.79 Å². The minimum atomic E-state index is 0.0875. The van der Waals surface area contributed by atoms with E-state index in [9.17, 15) is 4.79 Å². The third-order valence-corrected chi connectivity index (χ3v) is 5.41. The number of nitrogens with zero attached hydrogens (tertiary/aromatic N) is 4. The number of imidazole rings is 1. The number of aromatic nitrogens is 2. The summed E-state index contributed by atoms with van der Waals surface area (Å²) in [5.41, 5.74) is 2.98. The number of hydrogen-bond acceptors (Lipinski definition) is 5. The number of carbonyl (C=O) groups is 1. The van der Waals surface area contributed by atoms with Crippen molar-refractivity contribution in [3.63, 3.8) is 0 Å². The number of carbonyl (C=O) groups excluding carboxylic acids is 1. The lowest BCUT2D eigenvalue weighted by Gasteiger charge is -2.36. The van der Waals surface area contributed by atoms with Crippen LogP contribution in [0.4, 0.5) is 5.69 Å². The molecule has 1 fully saturated rings. The highest BCUT2D eigenvalue weighted by Gasteiger charge is 2.23. The van der Waals surface area contributed by atoms with Gasteiger partial charge in [0.1, 0.15) is 0 Å². The first-order valence-electron chi connectivity index (χ1n) is 9.75. The maximum absolute atomic E-state index is 12.9. The fourth-order valence-corrected chi connectivity index (χ4v) is 3.78. The summed E-state index contributed by atoms with van der Waals surface area (Å²) < 4.78 is 12.9. The monoisotopic (exact) mass is 390 g/mol. The Labute approximate surface area is 169 Å². The number of fused-ring (bicyclic) bond motifs is 1. The summed E-state index contributed by atoms with van der Waals surface area (Å²) in [5, 5.41) is 0. The van der Waals surface area contributed by atoms with E-state index in [0.29, 0.717) is 13.1 Å². The molecule has 0 aliphatic carbocycles. The average molecular weight is 390 g/mol. The highest BCUT2D eigenvalue weighted by Crippen LogP contribution is 2.35. The summed E-state index contributed by atoms with van der Waals surface area (Å²) in [7, 11) is 0. The molecule has 0 bridgehead atoms. The zero-order valence-corrected chi connectivity index (χ0v) is 16.0. The van der Waals surface area contributed by atoms with Crippen LogP contribution in [0.15, 0.2) is 61.2 Å². The molecule has 7 nitrogen and oxygen atoms in total. The van der Waals surface area contributed by atoms with Crippen molar-refractivity contribution in [2.24, 2.45) is 0 Å². The van der Waals surface area contributed by atoms with Gasteiger partial charge in [-0.25, -0.2) is 4.98 Å². The Morgan fingerprint density at radius 3 is 2.52 bits per heavy atom. The molecule has 148 valence electrons. The lowest BCUT2D eigenvalue weighted by atomic mass is 10.1. The molecule has 7 heteroatoms. The van der Waals surface area contributed by atoms with Crippen molar-refractivity contribution < 1.29 is 14.3 Å². The second kappa shape index (κ2) is 7.50. The first-order chi connectivity index (χ1) is 14.3. The topological polar surface area (TPSA) is 59.8 Å². The van der Waals surface area contributed by atoms with Gasteiger partial charge in [-0.05, 0) is 29.8 Å². The van der Waals surface area contributed by atoms with Gasteiger partial charge in [0.25, 0.3) is 5.91 Å². The van der Waals surface area contributed by atoms with E-state index in [-0.39, 0.29) is 12.7 Å². The molecule has 1 saturated heterocycles. The van der Waals surface area contributed by atoms with Crippen LogP contribution in [0.25, 0.3) is 0 Å². The molecule has 29 heavy (non-hydrogen) atoms. The maximum atomic E-state index is 12.9. The second-order valence-corrected chi connectivity index (χ2v) is 7.25. The quantitative estimate of drug-likeness (QED) is 0.685. The van der Waals surface area contributed by atoms with Crippen molar-refractivity contribution in [1.82, 2.24) is 14.5 Å². The summed E-state index contributed by atoms with van der Waals surface area (Å²) in [6.07, 6.45) is 5.48. The maximum Gasteiger partial charge on any atom is 0.253 e. The smallest absolute Gasteiger partial charge is 0.253 e. The molecule has 3 aromatic rings. The second-order valence-electron chi connectivity index (χ2n) is 7.25. The van der Waals surface area contributed by atoms with Crippen LogP contribution in [0, 0.1) is 0 Å². The van der Waals surface area contributed by atoms with Crippen LogP contribution in [0.1, 0.15) is 15.9 Å². The Balaban J connectivity index is 1.20. The van der Waals surface area contributed by atoms with Crippen LogP contribution in [-0.4, -0.2) is 53.3 Å². The van der Waals surface area contributed by atoms with Crippen molar-refractivity contribution in [1.29, 1.82) is 0 Å². The molecule has 2 aliphatic rings. The van der Waals surface area contributed by atoms with Gasteiger partial charge in [-0.1, -0.05) is 12.1 Å². The molecule has 5 rings (SSSR count). The Morgan fingerprint density at radius 1 is 0.966 bits per heavy atom. The lowest BCUT2D eigenvalue weighted by molar-refractivity contribution is 0.0746. The van der Waals surface area contributed by atoms with Gasteiger partial charge < -0.3 is 23.8 Å². The van der Waals surface area contributed by atoms with Crippen LogP contribution < -0.4 is 14.4 Å². The fraction of sp³-hybridized carbons (Fsp3) is 0.273. The molecule has 0 atom stereocenters. The van der Waals surface area contributed by atoms with E-state index in [0.717, 1.165) is 47.9 Å². The normalized spacial score (nSPS) is 15.6. The van der Waals surface area contributed by atoms with Gasteiger partial charge in [-0.15, -0.1) is 0 Å². The Morgan fingerprint density at radius 2 is 1.76 bits per heavy atom. The molecular formula is C22H22N4O3. The lowest BCUT2D eigenvalue weighted by Crippen LogP contribution is -2.48. The third-order valence-electron chi connectivity index (χ3n) is 5.41. The Bertz CT molecular complexity index is 993. The van der Waals surface area contributed by atoms with Gasteiger partial charge in [0, 0.05) is 62.4 Å². The number of hydrogen-bond donors (Lipinski definition) is 0. The first-order valence-corrected chi connectivity index (χ1v) is 9.75. The van der Waals surface area contributed by atoms with Crippen LogP contribution in [0.2, 0.25) is 0 Å². The number of rotatable bonds is 4. The zero-order chi connectivity index (χ0) is 19.6. The van der Waals surface area contributed by atoms with Crippen molar-refractivity contribution in [2.45, 2.75) is 6.54 Å². The van der Waals surface area contributed by atoms with E-state index in [4.69, 9.17) is 9.47 Å². The first kappa shape index (κ1) is 17.6. The minimum absolute atomic E-state index is 0.0875. The van der Waals surface area contributed by atoms with E-state index in [1.807, 2.05) is 58.1 Å². The number of amides is 1. The van der Waals surface area contributed by atoms with Crippen LogP contribution in [0.3, 0.4) is 0 Å². The molecule has 0 N–H and O–H groups in total. The minimum Gasteiger partial charge on any atom is -0.454 e. The molecule has 0 saturated carbocycles. The predicted molar refractivity (Wildman–Crippen MR) is 108 cm³/mol. The van der Waals surface area contributed by atoms with Gasteiger partial charge in [0.05, 0.1) is 6.33 Å². The summed E-state index contributed by atoms with van der Waals surface area (Å²) in [6.45, 7) is 4.02. The molecule has 0 radical (unpaired) electrons. The molecule has 2 aliphatic heterocycles. The highest BCUT2D eigenvalue weighted by molar-refractivity contribution is 5.94. The molecular weight excluding hydrogens is 368 g/mol. The molecule has 2 aromatic carbocycles. The highest BCUT2D eigenvalue weighted by atomic mass is 16.7. The molecule has 1 aromatic heterocycles. The Hall–Kier alpha value is -3.48. The summed E-state index contributed by atoms with van der Waals surface area (Å²) in [6, 6.07) is 13.9. The summed E-state index contributed by atoms with van der Waals surface area (Å²) >= 11 is 0. The predicted octanol–water partition coefficient (Wildman–Crippen LogP) is 2.62. The van der Waals surface area contributed by atoms with Crippen molar-refractivity contribution in [2.75, 3.05) is 37.9 Å². The fourth-order valence-electron chi connectivity index (χ4n) is 3.78. The standard InChI is InChI=1S/C22H22N4O3/c27-22(18-3-1-17(2-4-18)14-24-8-7-23-15-24)26-11-9-25(10-12-26)19-5-6-20-21(13-19)29-16-28-20/h1-8,13,15H,9-12,14,16H2. The van der Waals surface area contributed by atoms with Gasteiger partial charge in [0.15, 0.2) is 11.5 Å². The van der Waals surface area contributed by atoms with E-state index in [1.165, 1.54) is 0 Å². The number of ether oxygens (including phenoxy) is 2. The number of benzene rings is 2. The van der Waals surface area contributed by atoms with E-state index < -0.39 is 0 Å². The largest absolute Gasteiger partial charge is 0.454 e. The van der Waals surface area contributed by atoms with Crippen molar-refractivity contribution >= 4 is 11.6 Å². The summed E-state index contributed by atoms with van der Waals surface area (Å²) in [4.78, 5) is 21.1. The third kappa shape index (κ3) is 3.63. The van der Waals surface area contributed by atoms with E-state index in [1.54, 1.807) is 12.5 Å². The van der Waals surface area contributed by atoms with Crippen molar-refractivity contribution in [3.05, 3.63) is 72.3 Å². The van der Waals surface area contributed by atoms with Crippen LogP contribution in [0.5, 0.6) is 11.5 Å². The molecule has 1 amide bonds.